The average Bonchev–Trinajstić information content (AvgIpc) is 2.16. The Balaban J connectivity index is 3.22. The third kappa shape index (κ3) is 3.08. The molecule has 5 nitrogen and oxygen atoms in total. The molecular formula is C7H7F3N2O3S. The van der Waals surface area contributed by atoms with Gasteiger partial charge in [-0.1, -0.05) is 12.1 Å². The molecule has 0 aliphatic carbocycles. The van der Waals surface area contributed by atoms with Crippen molar-refractivity contribution in [3.8, 4) is 5.75 Å². The minimum absolute atomic E-state index is 0.685. The summed E-state index contributed by atoms with van der Waals surface area (Å²) in [5, 5.41) is 0. The maximum atomic E-state index is 11.9. The molecule has 0 unspecified atom stereocenters. The molecule has 9 heteroatoms. The van der Waals surface area contributed by atoms with Gasteiger partial charge in [0.2, 0.25) is 0 Å². The van der Waals surface area contributed by atoms with Gasteiger partial charge < -0.3 is 4.74 Å². The van der Waals surface area contributed by atoms with Crippen LogP contribution in [-0.2, 0) is 10.0 Å². The zero-order valence-electron chi connectivity index (χ0n) is 7.65. The summed E-state index contributed by atoms with van der Waals surface area (Å²) in [5.74, 6) is 3.86. The van der Waals surface area contributed by atoms with Crippen molar-refractivity contribution in [2.75, 3.05) is 0 Å². The Bertz CT molecular complexity index is 472. The lowest BCUT2D eigenvalue weighted by Crippen LogP contribution is -2.31. The fraction of sp³-hybridized carbons (Fsp3) is 0.143. The summed E-state index contributed by atoms with van der Waals surface area (Å²) in [6.45, 7) is 0. The second kappa shape index (κ2) is 4.28. The lowest BCUT2D eigenvalue weighted by Gasteiger charge is -2.12. The quantitative estimate of drug-likeness (QED) is 0.617. The highest BCUT2D eigenvalue weighted by atomic mass is 32.2. The second-order valence-electron chi connectivity index (χ2n) is 2.62. The summed E-state index contributed by atoms with van der Waals surface area (Å²) in [5.41, 5.74) is 0. The molecule has 1 aromatic rings. The third-order valence-electron chi connectivity index (χ3n) is 1.52. The first-order valence-electron chi connectivity index (χ1n) is 3.83. The van der Waals surface area contributed by atoms with Crippen molar-refractivity contribution in [2.45, 2.75) is 11.3 Å². The van der Waals surface area contributed by atoms with E-state index >= 15 is 0 Å². The minimum Gasteiger partial charge on any atom is -0.404 e. The predicted molar refractivity (Wildman–Crippen MR) is 47.6 cm³/mol. The van der Waals surface area contributed by atoms with Crippen molar-refractivity contribution in [2.24, 2.45) is 5.84 Å². The molecule has 0 amide bonds. The molecule has 0 saturated carbocycles. The highest BCUT2D eigenvalue weighted by Crippen LogP contribution is 2.28. The Hall–Kier alpha value is -1.32. The van der Waals surface area contributed by atoms with E-state index in [1.165, 1.54) is 17.0 Å². The maximum Gasteiger partial charge on any atom is 0.573 e. The highest BCUT2D eigenvalue weighted by molar-refractivity contribution is 7.89. The van der Waals surface area contributed by atoms with E-state index in [1.807, 2.05) is 0 Å². The topological polar surface area (TPSA) is 81.4 Å². The van der Waals surface area contributed by atoms with Crippen LogP contribution in [0.15, 0.2) is 29.2 Å². The van der Waals surface area contributed by atoms with Gasteiger partial charge in [0.25, 0.3) is 10.0 Å². The van der Waals surface area contributed by atoms with Crippen LogP contribution in [0.4, 0.5) is 13.2 Å². The number of hydrogen-bond donors (Lipinski definition) is 2. The Labute approximate surface area is 89.0 Å². The Morgan fingerprint density at radius 1 is 1.25 bits per heavy atom. The monoisotopic (exact) mass is 256 g/mol. The Kier molecular flexibility index (Phi) is 3.41. The second-order valence-corrected chi connectivity index (χ2v) is 4.30. The molecular weight excluding hydrogens is 249 g/mol. The van der Waals surface area contributed by atoms with Crippen molar-refractivity contribution < 1.29 is 26.3 Å². The molecule has 0 atom stereocenters. The number of rotatable bonds is 3. The van der Waals surface area contributed by atoms with Crippen LogP contribution in [0.1, 0.15) is 0 Å². The van der Waals surface area contributed by atoms with Crippen molar-refractivity contribution in [3.63, 3.8) is 0 Å². The number of alkyl halides is 3. The van der Waals surface area contributed by atoms with E-state index in [0.717, 1.165) is 12.1 Å². The number of para-hydroxylation sites is 1. The molecule has 1 aromatic carbocycles. The van der Waals surface area contributed by atoms with E-state index in [0.29, 0.717) is 0 Å². The van der Waals surface area contributed by atoms with Gasteiger partial charge >= 0.3 is 6.36 Å². The number of hydrazine groups is 1. The number of halogens is 3. The number of ether oxygens (including phenoxy) is 1. The normalized spacial score (nSPS) is 12.5. The van der Waals surface area contributed by atoms with Crippen LogP contribution in [0, 0.1) is 0 Å². The molecule has 0 radical (unpaired) electrons. The molecule has 0 aromatic heterocycles. The Morgan fingerprint density at radius 3 is 2.31 bits per heavy atom. The molecule has 0 bridgehead atoms. The molecule has 1 rings (SSSR count). The number of hydrogen-bond acceptors (Lipinski definition) is 4. The standard InChI is InChI=1S/C7H7F3N2O3S/c8-7(9,10)15-5-3-1-2-4-6(5)16(13,14)12-11/h1-4,12H,11H2. The predicted octanol–water partition coefficient (Wildman–Crippen LogP) is 0.737. The van der Waals surface area contributed by atoms with Crippen LogP contribution in [-0.4, -0.2) is 14.8 Å². The molecule has 0 heterocycles. The molecule has 16 heavy (non-hydrogen) atoms. The van der Waals surface area contributed by atoms with Crippen molar-refractivity contribution >= 4 is 10.0 Å². The number of sulfonamides is 1. The van der Waals surface area contributed by atoms with Crippen molar-refractivity contribution in [1.82, 2.24) is 4.83 Å². The van der Waals surface area contributed by atoms with E-state index < -0.39 is 27.0 Å². The highest BCUT2D eigenvalue weighted by Gasteiger charge is 2.33. The van der Waals surface area contributed by atoms with Gasteiger partial charge in [0.1, 0.15) is 10.6 Å². The van der Waals surface area contributed by atoms with Crippen molar-refractivity contribution in [1.29, 1.82) is 0 Å². The lowest BCUT2D eigenvalue weighted by molar-refractivity contribution is -0.275. The summed E-state index contributed by atoms with van der Waals surface area (Å²) >= 11 is 0. The van der Waals surface area contributed by atoms with Gasteiger partial charge in [0.05, 0.1) is 0 Å². The first kappa shape index (κ1) is 12.7. The van der Waals surface area contributed by atoms with Crippen LogP contribution < -0.4 is 15.4 Å². The molecule has 3 N–H and O–H groups in total. The summed E-state index contributed by atoms with van der Waals surface area (Å²) in [6.07, 6.45) is -4.97. The molecule has 0 aliphatic heterocycles. The first-order chi connectivity index (χ1) is 7.26. The van der Waals surface area contributed by atoms with Crippen molar-refractivity contribution in [3.05, 3.63) is 24.3 Å². The van der Waals surface area contributed by atoms with Gasteiger partial charge in [-0.25, -0.2) is 8.42 Å². The zero-order valence-corrected chi connectivity index (χ0v) is 8.47. The van der Waals surface area contributed by atoms with E-state index in [1.54, 1.807) is 0 Å². The van der Waals surface area contributed by atoms with E-state index in [4.69, 9.17) is 5.84 Å². The zero-order chi connectivity index (χ0) is 12.4. The third-order valence-corrected chi connectivity index (χ3v) is 2.75. The summed E-state index contributed by atoms with van der Waals surface area (Å²) in [6, 6.07) is 4.26. The van der Waals surface area contributed by atoms with Gasteiger partial charge in [0.15, 0.2) is 0 Å². The minimum atomic E-state index is -4.97. The van der Waals surface area contributed by atoms with Gasteiger partial charge in [0, 0.05) is 0 Å². The fourth-order valence-corrected chi connectivity index (χ4v) is 1.70. The van der Waals surface area contributed by atoms with Gasteiger partial charge in [-0.3, -0.25) is 5.84 Å². The Morgan fingerprint density at radius 2 is 1.81 bits per heavy atom. The van der Waals surface area contributed by atoms with Crippen LogP contribution >= 0.6 is 0 Å². The van der Waals surface area contributed by atoms with E-state index in [2.05, 4.69) is 4.74 Å². The first-order valence-corrected chi connectivity index (χ1v) is 5.32. The average molecular weight is 256 g/mol. The van der Waals surface area contributed by atoms with E-state index in [-0.39, 0.29) is 0 Å². The molecule has 0 aliphatic rings. The molecule has 0 saturated heterocycles. The lowest BCUT2D eigenvalue weighted by atomic mass is 10.3. The van der Waals surface area contributed by atoms with Crippen LogP contribution in [0.3, 0.4) is 0 Å². The van der Waals surface area contributed by atoms with Crippen LogP contribution in [0.25, 0.3) is 0 Å². The molecule has 90 valence electrons. The number of nitrogens with two attached hydrogens (primary N) is 1. The van der Waals surface area contributed by atoms with Gasteiger partial charge in [-0.05, 0) is 12.1 Å². The van der Waals surface area contributed by atoms with Crippen LogP contribution in [0.5, 0.6) is 5.75 Å². The summed E-state index contributed by atoms with van der Waals surface area (Å²) in [7, 11) is -4.20. The number of benzene rings is 1. The van der Waals surface area contributed by atoms with Gasteiger partial charge in [-0.15, -0.1) is 18.0 Å². The molecule has 0 spiro atoms. The SMILES string of the molecule is NNS(=O)(=O)c1ccccc1OC(F)(F)F. The fourth-order valence-electron chi connectivity index (χ4n) is 0.945. The summed E-state index contributed by atoms with van der Waals surface area (Å²) < 4.78 is 61.8. The maximum absolute atomic E-state index is 11.9. The molecule has 0 fully saturated rings. The smallest absolute Gasteiger partial charge is 0.404 e. The van der Waals surface area contributed by atoms with Gasteiger partial charge in [-0.2, -0.15) is 0 Å². The van der Waals surface area contributed by atoms with E-state index in [9.17, 15) is 21.6 Å². The number of nitrogens with one attached hydrogen (secondary N) is 1. The van der Waals surface area contributed by atoms with Crippen LogP contribution in [0.2, 0.25) is 0 Å². The summed E-state index contributed by atoms with van der Waals surface area (Å²) in [4.78, 5) is 0.723. The largest absolute Gasteiger partial charge is 0.573 e.